The first kappa shape index (κ1) is 18.7. The Morgan fingerprint density at radius 3 is 2.15 bits per heavy atom. The zero-order chi connectivity index (χ0) is 19.6. The Hall–Kier alpha value is -3.08. The van der Waals surface area contributed by atoms with E-state index in [4.69, 9.17) is 9.47 Å². The minimum absolute atomic E-state index is 0.0745. The summed E-state index contributed by atoms with van der Waals surface area (Å²) < 4.78 is 10.7. The number of ether oxygens (including phenoxy) is 2. The average Bonchev–Trinajstić information content (AvgIpc) is 2.89. The van der Waals surface area contributed by atoms with E-state index in [2.05, 4.69) is 0 Å². The number of hydrogen-bond donors (Lipinski definition) is 1. The predicted octanol–water partition coefficient (Wildman–Crippen LogP) is 3.67. The van der Waals surface area contributed by atoms with Gasteiger partial charge >= 0.3 is 11.9 Å². The van der Waals surface area contributed by atoms with Crippen LogP contribution in [-0.2, 0) is 25.5 Å². The molecule has 1 aliphatic heterocycles. The number of benzene rings is 2. The van der Waals surface area contributed by atoms with E-state index >= 15 is 0 Å². The van der Waals surface area contributed by atoms with Gasteiger partial charge in [-0.25, -0.2) is 9.59 Å². The van der Waals surface area contributed by atoms with Crippen molar-refractivity contribution in [3.63, 3.8) is 0 Å². The van der Waals surface area contributed by atoms with E-state index in [9.17, 15) is 14.7 Å². The summed E-state index contributed by atoms with van der Waals surface area (Å²) in [6.07, 6.45) is 0.0745. The van der Waals surface area contributed by atoms with Crippen molar-refractivity contribution in [1.29, 1.82) is 0 Å². The van der Waals surface area contributed by atoms with Gasteiger partial charge in [-0.2, -0.15) is 0 Å². The molecular formula is C22H22O5. The molecule has 0 aliphatic carbocycles. The zero-order valence-electron chi connectivity index (χ0n) is 15.6. The van der Waals surface area contributed by atoms with Crippen LogP contribution in [0.15, 0.2) is 54.3 Å². The van der Waals surface area contributed by atoms with Gasteiger partial charge in [-0.05, 0) is 31.9 Å². The molecule has 1 atom stereocenters. The van der Waals surface area contributed by atoms with E-state index in [0.717, 1.165) is 16.7 Å². The molecule has 27 heavy (non-hydrogen) atoms. The van der Waals surface area contributed by atoms with Crippen LogP contribution in [0.25, 0.3) is 5.57 Å². The van der Waals surface area contributed by atoms with Crippen molar-refractivity contribution in [3.8, 4) is 0 Å². The number of carbonyl (C=O) groups is 2. The Balaban J connectivity index is 2.15. The van der Waals surface area contributed by atoms with Crippen LogP contribution in [0.4, 0.5) is 0 Å². The molecule has 0 aromatic heterocycles. The number of aliphatic hydroxyl groups is 1. The van der Waals surface area contributed by atoms with Crippen molar-refractivity contribution in [1.82, 2.24) is 0 Å². The third kappa shape index (κ3) is 3.45. The molecule has 0 saturated heterocycles. The first-order valence-corrected chi connectivity index (χ1v) is 8.84. The Labute approximate surface area is 158 Å². The number of esters is 2. The normalized spacial score (nSPS) is 19.1. The number of cyclic esters (lactones) is 1. The number of hydrogen-bond acceptors (Lipinski definition) is 5. The maximum absolute atomic E-state index is 12.9. The second-order valence-corrected chi connectivity index (χ2v) is 6.69. The van der Waals surface area contributed by atoms with Gasteiger partial charge in [-0.1, -0.05) is 59.7 Å². The highest BCUT2D eigenvalue weighted by Gasteiger charge is 2.55. The fraction of sp³-hybridized carbons (Fsp3) is 0.273. The van der Waals surface area contributed by atoms with Crippen molar-refractivity contribution in [2.75, 3.05) is 6.61 Å². The lowest BCUT2D eigenvalue weighted by Gasteiger charge is -2.28. The molecule has 0 fully saturated rings. The molecule has 0 radical (unpaired) electrons. The summed E-state index contributed by atoms with van der Waals surface area (Å²) in [5.41, 5.74) is 1.85. The van der Waals surface area contributed by atoms with Crippen molar-refractivity contribution in [2.24, 2.45) is 0 Å². The van der Waals surface area contributed by atoms with Crippen LogP contribution in [0, 0.1) is 13.8 Å². The van der Waals surface area contributed by atoms with E-state index in [1.165, 1.54) is 0 Å². The van der Waals surface area contributed by atoms with Crippen LogP contribution in [0.2, 0.25) is 0 Å². The minimum atomic E-state index is -1.72. The zero-order valence-corrected chi connectivity index (χ0v) is 15.6. The summed E-state index contributed by atoms with van der Waals surface area (Å²) in [6, 6.07) is 14.8. The molecule has 1 N–H and O–H groups in total. The highest BCUT2D eigenvalue weighted by atomic mass is 16.6. The smallest absolute Gasteiger partial charge is 0.375 e. The van der Waals surface area contributed by atoms with Crippen molar-refractivity contribution in [2.45, 2.75) is 32.8 Å². The lowest BCUT2D eigenvalue weighted by molar-refractivity contribution is -0.171. The van der Waals surface area contributed by atoms with Gasteiger partial charge in [0.05, 0.1) is 12.2 Å². The standard InChI is InChI=1S/C22H22O5/c1-4-26-21(25)22(13-16-9-5-14(2)6-10-16)18(19(23)20(24)27-22)17-11-7-15(3)8-12-17/h5-12,23H,4,13H2,1-3H3. The topological polar surface area (TPSA) is 72.8 Å². The molecule has 1 heterocycles. The minimum Gasteiger partial charge on any atom is -0.502 e. The van der Waals surface area contributed by atoms with Gasteiger partial charge in [0.25, 0.3) is 0 Å². The molecular weight excluding hydrogens is 344 g/mol. The van der Waals surface area contributed by atoms with Crippen LogP contribution in [0.1, 0.15) is 29.2 Å². The molecule has 2 aromatic carbocycles. The largest absolute Gasteiger partial charge is 0.502 e. The summed E-state index contributed by atoms with van der Waals surface area (Å²) in [4.78, 5) is 25.2. The highest BCUT2D eigenvalue weighted by molar-refractivity contribution is 6.11. The van der Waals surface area contributed by atoms with Gasteiger partial charge in [0.2, 0.25) is 11.4 Å². The van der Waals surface area contributed by atoms with E-state index in [1.807, 2.05) is 50.2 Å². The summed E-state index contributed by atoms with van der Waals surface area (Å²) in [5.74, 6) is -2.18. The van der Waals surface area contributed by atoms with E-state index in [-0.39, 0.29) is 18.6 Å². The maximum atomic E-state index is 12.9. The molecule has 0 amide bonds. The molecule has 1 unspecified atom stereocenters. The van der Waals surface area contributed by atoms with Crippen molar-refractivity contribution < 1.29 is 24.2 Å². The summed E-state index contributed by atoms with van der Waals surface area (Å²) in [7, 11) is 0. The van der Waals surface area contributed by atoms with Gasteiger partial charge in [0.1, 0.15) is 0 Å². The van der Waals surface area contributed by atoms with Crippen LogP contribution < -0.4 is 0 Å². The van der Waals surface area contributed by atoms with Crippen LogP contribution >= 0.6 is 0 Å². The number of rotatable bonds is 5. The van der Waals surface area contributed by atoms with Gasteiger partial charge in [0, 0.05) is 6.42 Å². The molecule has 0 saturated carbocycles. The Morgan fingerprint density at radius 1 is 1.04 bits per heavy atom. The monoisotopic (exact) mass is 366 g/mol. The van der Waals surface area contributed by atoms with Crippen molar-refractivity contribution >= 4 is 17.5 Å². The SMILES string of the molecule is CCOC(=O)C1(Cc2ccc(C)cc2)OC(=O)C(O)=C1c1ccc(C)cc1. The molecule has 2 aromatic rings. The second kappa shape index (κ2) is 7.27. The third-order valence-electron chi connectivity index (χ3n) is 4.62. The van der Waals surface area contributed by atoms with Gasteiger partial charge in [0.15, 0.2) is 0 Å². The summed E-state index contributed by atoms with van der Waals surface area (Å²) in [6.45, 7) is 5.71. The van der Waals surface area contributed by atoms with Crippen molar-refractivity contribution in [3.05, 3.63) is 76.5 Å². The Bertz CT molecular complexity index is 893. The van der Waals surface area contributed by atoms with Gasteiger partial charge in [-0.3, -0.25) is 0 Å². The lowest BCUT2D eigenvalue weighted by atomic mass is 9.83. The number of carbonyl (C=O) groups excluding carboxylic acids is 2. The van der Waals surface area contributed by atoms with Gasteiger partial charge in [-0.15, -0.1) is 0 Å². The van der Waals surface area contributed by atoms with E-state index < -0.39 is 23.3 Å². The molecule has 0 spiro atoms. The second-order valence-electron chi connectivity index (χ2n) is 6.69. The summed E-state index contributed by atoms with van der Waals surface area (Å²) >= 11 is 0. The average molecular weight is 366 g/mol. The van der Waals surface area contributed by atoms with Crippen LogP contribution in [-0.4, -0.2) is 29.3 Å². The fourth-order valence-electron chi connectivity index (χ4n) is 3.22. The molecule has 140 valence electrons. The Kier molecular flexibility index (Phi) is 5.04. The molecule has 3 rings (SSSR count). The van der Waals surface area contributed by atoms with Gasteiger partial charge < -0.3 is 14.6 Å². The van der Waals surface area contributed by atoms with E-state index in [0.29, 0.717) is 5.56 Å². The third-order valence-corrected chi connectivity index (χ3v) is 4.62. The molecule has 1 aliphatic rings. The first-order chi connectivity index (χ1) is 12.9. The summed E-state index contributed by atoms with van der Waals surface area (Å²) in [5, 5.41) is 10.5. The maximum Gasteiger partial charge on any atom is 0.375 e. The highest BCUT2D eigenvalue weighted by Crippen LogP contribution is 2.42. The Morgan fingerprint density at radius 2 is 1.59 bits per heavy atom. The molecule has 5 heteroatoms. The predicted molar refractivity (Wildman–Crippen MR) is 101 cm³/mol. The number of aryl methyl sites for hydroxylation is 2. The molecule has 5 nitrogen and oxygen atoms in total. The number of aliphatic hydroxyl groups excluding tert-OH is 1. The fourth-order valence-corrected chi connectivity index (χ4v) is 3.22. The van der Waals surface area contributed by atoms with E-state index in [1.54, 1.807) is 19.1 Å². The quantitative estimate of drug-likeness (QED) is 0.818. The lowest BCUT2D eigenvalue weighted by Crippen LogP contribution is -2.44. The van der Waals surface area contributed by atoms with Crippen LogP contribution in [0.5, 0.6) is 0 Å². The molecule has 0 bridgehead atoms. The first-order valence-electron chi connectivity index (χ1n) is 8.84. The van der Waals surface area contributed by atoms with Crippen LogP contribution in [0.3, 0.4) is 0 Å².